The second kappa shape index (κ2) is 5.29. The van der Waals surface area contributed by atoms with Crippen molar-refractivity contribution in [2.75, 3.05) is 6.54 Å². The summed E-state index contributed by atoms with van der Waals surface area (Å²) in [5.74, 6) is -1.55. The van der Waals surface area contributed by atoms with E-state index >= 15 is 0 Å². The second-order valence-corrected chi connectivity index (χ2v) is 6.37. The van der Waals surface area contributed by atoms with Crippen molar-refractivity contribution in [1.82, 2.24) is 4.90 Å². The Balaban J connectivity index is 2.00. The third-order valence-corrected chi connectivity index (χ3v) is 5.22. The number of aliphatic carboxylic acids is 1. The SMILES string of the molecule is O=C(O)[C@@H]1C[C@H](O)CN1C(=O)c1sc2ccccc2c1Cl. The molecule has 1 aromatic heterocycles. The molecule has 3 rings (SSSR count). The maximum Gasteiger partial charge on any atom is 0.326 e. The van der Waals surface area contributed by atoms with Gasteiger partial charge in [0, 0.05) is 23.1 Å². The van der Waals surface area contributed by atoms with Crippen LogP contribution < -0.4 is 0 Å². The minimum atomic E-state index is -1.11. The van der Waals surface area contributed by atoms with E-state index in [0.717, 1.165) is 10.1 Å². The van der Waals surface area contributed by atoms with E-state index in [-0.39, 0.29) is 13.0 Å². The smallest absolute Gasteiger partial charge is 0.326 e. The lowest BCUT2D eigenvalue weighted by Crippen LogP contribution is -2.40. The molecule has 2 N–H and O–H groups in total. The summed E-state index contributed by atoms with van der Waals surface area (Å²) in [4.78, 5) is 25.3. The lowest BCUT2D eigenvalue weighted by atomic mass is 10.2. The molecule has 0 aliphatic carbocycles. The van der Waals surface area contributed by atoms with Crippen molar-refractivity contribution in [2.24, 2.45) is 0 Å². The number of hydrogen-bond donors (Lipinski definition) is 2. The number of halogens is 1. The highest BCUT2D eigenvalue weighted by molar-refractivity contribution is 7.21. The first-order valence-electron chi connectivity index (χ1n) is 6.38. The van der Waals surface area contributed by atoms with Crippen molar-refractivity contribution in [3.8, 4) is 0 Å². The van der Waals surface area contributed by atoms with Gasteiger partial charge in [-0.2, -0.15) is 0 Å². The quantitative estimate of drug-likeness (QED) is 0.887. The molecule has 2 heterocycles. The van der Waals surface area contributed by atoms with E-state index in [4.69, 9.17) is 11.6 Å². The molecule has 2 aromatic rings. The number of likely N-dealkylation sites (tertiary alicyclic amines) is 1. The Labute approximate surface area is 129 Å². The predicted octanol–water partition coefficient (Wildman–Crippen LogP) is 2.21. The summed E-state index contributed by atoms with van der Waals surface area (Å²) < 4.78 is 0.873. The number of nitrogens with zero attached hydrogens (tertiary/aromatic N) is 1. The molecule has 5 nitrogen and oxygen atoms in total. The van der Waals surface area contributed by atoms with Crippen molar-refractivity contribution in [3.05, 3.63) is 34.2 Å². The molecule has 1 aliphatic heterocycles. The summed E-state index contributed by atoms with van der Waals surface area (Å²) in [5.41, 5.74) is 0. The molecular formula is C14H12ClNO4S. The van der Waals surface area contributed by atoms with Crippen LogP contribution >= 0.6 is 22.9 Å². The van der Waals surface area contributed by atoms with E-state index in [1.165, 1.54) is 16.2 Å². The van der Waals surface area contributed by atoms with Crippen LogP contribution in [-0.4, -0.2) is 45.7 Å². The van der Waals surface area contributed by atoms with Gasteiger partial charge in [0.25, 0.3) is 5.91 Å². The van der Waals surface area contributed by atoms with Crippen LogP contribution in [0.15, 0.2) is 24.3 Å². The van der Waals surface area contributed by atoms with E-state index in [2.05, 4.69) is 0 Å². The van der Waals surface area contributed by atoms with Gasteiger partial charge in [-0.05, 0) is 6.07 Å². The molecule has 0 bridgehead atoms. The van der Waals surface area contributed by atoms with E-state index in [9.17, 15) is 19.8 Å². The Morgan fingerprint density at radius 2 is 2.05 bits per heavy atom. The van der Waals surface area contributed by atoms with Gasteiger partial charge >= 0.3 is 5.97 Å². The average Bonchev–Trinajstić information content (AvgIpc) is 3.00. The first kappa shape index (κ1) is 14.3. The molecule has 0 spiro atoms. The van der Waals surface area contributed by atoms with Crippen LogP contribution in [0.25, 0.3) is 10.1 Å². The molecule has 1 aliphatic rings. The lowest BCUT2D eigenvalue weighted by Gasteiger charge is -2.20. The number of hydrogen-bond acceptors (Lipinski definition) is 4. The highest BCUT2D eigenvalue weighted by atomic mass is 35.5. The summed E-state index contributed by atoms with van der Waals surface area (Å²) in [6.07, 6.45) is -0.771. The number of fused-ring (bicyclic) bond motifs is 1. The van der Waals surface area contributed by atoms with Crippen LogP contribution in [0.5, 0.6) is 0 Å². The Morgan fingerprint density at radius 3 is 2.71 bits per heavy atom. The standard InChI is InChI=1S/C14H12ClNO4S/c15-11-8-3-1-2-4-10(8)21-12(11)13(18)16-6-7(17)5-9(16)14(19)20/h1-4,7,9,17H,5-6H2,(H,19,20)/t7-,9-/m0/s1. The molecule has 2 atom stereocenters. The van der Waals surface area contributed by atoms with Crippen LogP contribution in [0.3, 0.4) is 0 Å². The first-order chi connectivity index (χ1) is 9.99. The number of carboxylic acid groups (broad SMARTS) is 1. The number of aliphatic hydroxyl groups excluding tert-OH is 1. The number of carboxylic acids is 1. The van der Waals surface area contributed by atoms with Crippen molar-refractivity contribution in [3.63, 3.8) is 0 Å². The Kier molecular flexibility index (Phi) is 3.61. The van der Waals surface area contributed by atoms with E-state index in [0.29, 0.717) is 9.90 Å². The maximum atomic E-state index is 12.6. The molecule has 1 fully saturated rings. The molecule has 21 heavy (non-hydrogen) atoms. The minimum Gasteiger partial charge on any atom is -0.480 e. The number of carbonyl (C=O) groups is 2. The summed E-state index contributed by atoms with van der Waals surface area (Å²) in [5, 5.41) is 19.9. The molecule has 0 unspecified atom stereocenters. The number of aliphatic hydroxyl groups is 1. The highest BCUT2D eigenvalue weighted by Gasteiger charge is 2.40. The molecule has 0 saturated carbocycles. The molecule has 1 amide bonds. The van der Waals surface area contributed by atoms with Crippen LogP contribution in [0.2, 0.25) is 5.02 Å². The second-order valence-electron chi connectivity index (χ2n) is 4.94. The average molecular weight is 326 g/mol. The van der Waals surface area contributed by atoms with Crippen LogP contribution in [0, 0.1) is 0 Å². The molecule has 110 valence electrons. The molecule has 0 radical (unpaired) electrons. The Morgan fingerprint density at radius 1 is 1.33 bits per heavy atom. The topological polar surface area (TPSA) is 77.8 Å². The number of amides is 1. The molecule has 7 heteroatoms. The number of carbonyl (C=O) groups excluding carboxylic acids is 1. The highest BCUT2D eigenvalue weighted by Crippen LogP contribution is 2.37. The Bertz CT molecular complexity index is 729. The lowest BCUT2D eigenvalue weighted by molar-refractivity contribution is -0.141. The van der Waals surface area contributed by atoms with Crippen molar-refractivity contribution in [2.45, 2.75) is 18.6 Å². The van der Waals surface area contributed by atoms with Gasteiger partial charge in [-0.1, -0.05) is 29.8 Å². The first-order valence-corrected chi connectivity index (χ1v) is 7.57. The van der Waals surface area contributed by atoms with Crippen LogP contribution in [0.4, 0.5) is 0 Å². The van der Waals surface area contributed by atoms with Crippen molar-refractivity contribution in [1.29, 1.82) is 0 Å². The fourth-order valence-corrected chi connectivity index (χ4v) is 4.02. The number of rotatable bonds is 2. The Hall–Kier alpha value is -1.63. The fraction of sp³-hybridized carbons (Fsp3) is 0.286. The fourth-order valence-electron chi connectivity index (χ4n) is 2.55. The van der Waals surface area contributed by atoms with Gasteiger partial charge in [0.15, 0.2) is 0 Å². The monoisotopic (exact) mass is 325 g/mol. The number of β-amino-alcohol motifs (C(OH)–C–C–N with tert-alkyl or cyclic N) is 1. The normalized spacial score (nSPS) is 21.9. The van der Waals surface area contributed by atoms with Gasteiger partial charge in [-0.15, -0.1) is 11.3 Å². The summed E-state index contributed by atoms with van der Waals surface area (Å²) in [6, 6.07) is 6.35. The summed E-state index contributed by atoms with van der Waals surface area (Å²) in [6.45, 7) is 0.0143. The van der Waals surface area contributed by atoms with Gasteiger partial charge in [0.05, 0.1) is 11.1 Å². The van der Waals surface area contributed by atoms with Crippen molar-refractivity contribution >= 4 is 44.9 Å². The van der Waals surface area contributed by atoms with Crippen LogP contribution in [-0.2, 0) is 4.79 Å². The van der Waals surface area contributed by atoms with Gasteiger partial charge < -0.3 is 15.1 Å². The van der Waals surface area contributed by atoms with Gasteiger partial charge in [0.1, 0.15) is 10.9 Å². The number of benzene rings is 1. The van der Waals surface area contributed by atoms with Crippen molar-refractivity contribution < 1.29 is 19.8 Å². The zero-order valence-corrected chi connectivity index (χ0v) is 12.4. The van der Waals surface area contributed by atoms with Crippen LogP contribution in [0.1, 0.15) is 16.1 Å². The summed E-state index contributed by atoms with van der Waals surface area (Å²) >= 11 is 7.48. The maximum absolute atomic E-state index is 12.6. The van der Waals surface area contributed by atoms with E-state index in [1.807, 2.05) is 24.3 Å². The minimum absolute atomic E-state index is 0.0143. The third kappa shape index (κ3) is 2.39. The molecular weight excluding hydrogens is 314 g/mol. The van der Waals surface area contributed by atoms with E-state index in [1.54, 1.807) is 0 Å². The zero-order chi connectivity index (χ0) is 15.1. The predicted molar refractivity (Wildman–Crippen MR) is 79.9 cm³/mol. The zero-order valence-electron chi connectivity index (χ0n) is 10.8. The largest absolute Gasteiger partial charge is 0.480 e. The molecule has 1 aromatic carbocycles. The number of thiophene rings is 1. The van der Waals surface area contributed by atoms with E-state index < -0.39 is 24.0 Å². The third-order valence-electron chi connectivity index (χ3n) is 3.55. The van der Waals surface area contributed by atoms with Gasteiger partial charge in [0.2, 0.25) is 0 Å². The van der Waals surface area contributed by atoms with Gasteiger partial charge in [-0.25, -0.2) is 4.79 Å². The summed E-state index contributed by atoms with van der Waals surface area (Å²) in [7, 11) is 0. The molecule has 1 saturated heterocycles. The van der Waals surface area contributed by atoms with Gasteiger partial charge in [-0.3, -0.25) is 4.79 Å².